The largest absolute Gasteiger partial charge is 0.478 e. The van der Waals surface area contributed by atoms with Gasteiger partial charge in [0.25, 0.3) is 0 Å². The lowest BCUT2D eigenvalue weighted by atomic mass is 9.67. The molecule has 0 aliphatic heterocycles. The van der Waals surface area contributed by atoms with Crippen LogP contribution in [0, 0.1) is 5.41 Å². The molecule has 1 aromatic rings. The van der Waals surface area contributed by atoms with E-state index in [1.54, 1.807) is 6.33 Å². The SMILES string of the molecule is CCOc1cc(NCC2(CC)CCC2)ncn1. The molecule has 0 radical (unpaired) electrons. The van der Waals surface area contributed by atoms with Gasteiger partial charge in [-0.25, -0.2) is 9.97 Å². The van der Waals surface area contributed by atoms with Crippen molar-refractivity contribution in [1.29, 1.82) is 0 Å². The van der Waals surface area contributed by atoms with Crippen molar-refractivity contribution in [2.75, 3.05) is 18.5 Å². The van der Waals surface area contributed by atoms with E-state index in [0.29, 0.717) is 17.9 Å². The fraction of sp³-hybridized carbons (Fsp3) is 0.692. The molecule has 94 valence electrons. The van der Waals surface area contributed by atoms with E-state index in [-0.39, 0.29) is 0 Å². The molecule has 1 heterocycles. The molecule has 1 aromatic heterocycles. The van der Waals surface area contributed by atoms with Gasteiger partial charge in [-0.15, -0.1) is 0 Å². The number of hydrogen-bond acceptors (Lipinski definition) is 4. The third kappa shape index (κ3) is 2.87. The highest BCUT2D eigenvalue weighted by atomic mass is 16.5. The van der Waals surface area contributed by atoms with Crippen LogP contribution >= 0.6 is 0 Å². The van der Waals surface area contributed by atoms with Gasteiger partial charge < -0.3 is 10.1 Å². The van der Waals surface area contributed by atoms with E-state index < -0.39 is 0 Å². The van der Waals surface area contributed by atoms with Gasteiger partial charge >= 0.3 is 0 Å². The molecule has 0 spiro atoms. The zero-order chi connectivity index (χ0) is 12.1. The molecular formula is C13H21N3O. The lowest BCUT2D eigenvalue weighted by molar-refractivity contribution is 0.145. The van der Waals surface area contributed by atoms with Crippen molar-refractivity contribution < 1.29 is 4.74 Å². The first-order valence-corrected chi connectivity index (χ1v) is 6.47. The van der Waals surface area contributed by atoms with Crippen molar-refractivity contribution in [1.82, 2.24) is 9.97 Å². The predicted molar refractivity (Wildman–Crippen MR) is 68.3 cm³/mol. The van der Waals surface area contributed by atoms with Crippen LogP contribution in [0.2, 0.25) is 0 Å². The van der Waals surface area contributed by atoms with E-state index in [2.05, 4.69) is 22.2 Å². The van der Waals surface area contributed by atoms with Gasteiger partial charge in [-0.3, -0.25) is 0 Å². The Morgan fingerprint density at radius 2 is 2.18 bits per heavy atom. The highest BCUT2D eigenvalue weighted by Crippen LogP contribution is 2.43. The van der Waals surface area contributed by atoms with E-state index in [4.69, 9.17) is 4.74 Å². The Balaban J connectivity index is 1.92. The van der Waals surface area contributed by atoms with Gasteiger partial charge in [-0.05, 0) is 31.6 Å². The molecule has 1 aliphatic carbocycles. The number of ether oxygens (including phenoxy) is 1. The number of aromatic nitrogens is 2. The summed E-state index contributed by atoms with van der Waals surface area (Å²) in [7, 11) is 0. The lowest BCUT2D eigenvalue weighted by Gasteiger charge is -2.41. The van der Waals surface area contributed by atoms with Crippen molar-refractivity contribution in [3.8, 4) is 5.88 Å². The average molecular weight is 235 g/mol. The van der Waals surface area contributed by atoms with Crippen molar-refractivity contribution in [3.05, 3.63) is 12.4 Å². The van der Waals surface area contributed by atoms with Crippen LogP contribution in [0.25, 0.3) is 0 Å². The molecule has 4 nitrogen and oxygen atoms in total. The minimum atomic E-state index is 0.497. The van der Waals surface area contributed by atoms with Crippen LogP contribution in [0.15, 0.2) is 12.4 Å². The molecular weight excluding hydrogens is 214 g/mol. The molecule has 1 fully saturated rings. The summed E-state index contributed by atoms with van der Waals surface area (Å²) in [6.07, 6.45) is 6.82. The van der Waals surface area contributed by atoms with E-state index in [1.807, 2.05) is 13.0 Å². The van der Waals surface area contributed by atoms with Crippen LogP contribution in [0.5, 0.6) is 5.88 Å². The Kier molecular flexibility index (Phi) is 3.82. The molecule has 0 saturated heterocycles. The summed E-state index contributed by atoms with van der Waals surface area (Å²) in [5, 5.41) is 3.41. The van der Waals surface area contributed by atoms with Crippen LogP contribution in [-0.2, 0) is 0 Å². The molecule has 17 heavy (non-hydrogen) atoms. The van der Waals surface area contributed by atoms with Gasteiger partial charge in [0, 0.05) is 12.6 Å². The third-order valence-corrected chi connectivity index (χ3v) is 3.74. The number of anilines is 1. The highest BCUT2D eigenvalue weighted by Gasteiger charge is 2.34. The van der Waals surface area contributed by atoms with Gasteiger partial charge in [0.1, 0.15) is 12.1 Å². The third-order valence-electron chi connectivity index (χ3n) is 3.74. The summed E-state index contributed by atoms with van der Waals surface area (Å²) >= 11 is 0. The van der Waals surface area contributed by atoms with Crippen molar-refractivity contribution in [3.63, 3.8) is 0 Å². The molecule has 1 aliphatic rings. The second-order valence-corrected chi connectivity index (χ2v) is 4.74. The molecule has 2 rings (SSSR count). The van der Waals surface area contributed by atoms with Gasteiger partial charge in [0.2, 0.25) is 5.88 Å². The first-order chi connectivity index (χ1) is 8.28. The number of hydrogen-bond donors (Lipinski definition) is 1. The Hall–Kier alpha value is -1.32. The summed E-state index contributed by atoms with van der Waals surface area (Å²) in [6.45, 7) is 5.86. The van der Waals surface area contributed by atoms with Crippen LogP contribution < -0.4 is 10.1 Å². The van der Waals surface area contributed by atoms with Gasteiger partial charge in [0.05, 0.1) is 6.61 Å². The zero-order valence-corrected chi connectivity index (χ0v) is 10.7. The van der Waals surface area contributed by atoms with Crippen LogP contribution in [0.1, 0.15) is 39.5 Å². The van der Waals surface area contributed by atoms with Crippen molar-refractivity contribution in [2.45, 2.75) is 39.5 Å². The topological polar surface area (TPSA) is 47.0 Å². The molecule has 4 heteroatoms. The van der Waals surface area contributed by atoms with E-state index >= 15 is 0 Å². The molecule has 1 saturated carbocycles. The predicted octanol–water partition coefficient (Wildman–Crippen LogP) is 2.87. The minimum absolute atomic E-state index is 0.497. The fourth-order valence-electron chi connectivity index (χ4n) is 2.27. The van der Waals surface area contributed by atoms with Crippen LogP contribution in [0.3, 0.4) is 0 Å². The molecule has 0 amide bonds. The quantitative estimate of drug-likeness (QED) is 0.823. The van der Waals surface area contributed by atoms with Crippen molar-refractivity contribution >= 4 is 5.82 Å². The maximum absolute atomic E-state index is 5.35. The molecule has 0 atom stereocenters. The smallest absolute Gasteiger partial charge is 0.218 e. The summed E-state index contributed by atoms with van der Waals surface area (Å²) in [4.78, 5) is 8.27. The molecule has 0 unspecified atom stereocenters. The fourth-order valence-corrected chi connectivity index (χ4v) is 2.27. The second-order valence-electron chi connectivity index (χ2n) is 4.74. The first kappa shape index (κ1) is 12.1. The Morgan fingerprint density at radius 3 is 2.76 bits per heavy atom. The van der Waals surface area contributed by atoms with Crippen LogP contribution in [-0.4, -0.2) is 23.1 Å². The monoisotopic (exact) mass is 235 g/mol. The number of nitrogens with zero attached hydrogens (tertiary/aromatic N) is 2. The van der Waals surface area contributed by atoms with Gasteiger partial charge in [-0.1, -0.05) is 13.3 Å². The number of nitrogens with one attached hydrogen (secondary N) is 1. The lowest BCUT2D eigenvalue weighted by Crippen LogP contribution is -2.36. The minimum Gasteiger partial charge on any atom is -0.478 e. The van der Waals surface area contributed by atoms with Gasteiger partial charge in [-0.2, -0.15) is 0 Å². The first-order valence-electron chi connectivity index (χ1n) is 6.47. The van der Waals surface area contributed by atoms with E-state index in [1.165, 1.54) is 25.7 Å². The molecule has 0 aromatic carbocycles. The maximum atomic E-state index is 5.35. The Morgan fingerprint density at radius 1 is 1.35 bits per heavy atom. The summed E-state index contributed by atoms with van der Waals surface area (Å²) in [5.74, 6) is 1.51. The van der Waals surface area contributed by atoms with Crippen molar-refractivity contribution in [2.24, 2.45) is 5.41 Å². The molecule has 1 N–H and O–H groups in total. The zero-order valence-electron chi connectivity index (χ0n) is 10.7. The van der Waals surface area contributed by atoms with E-state index in [9.17, 15) is 0 Å². The molecule has 0 bridgehead atoms. The Bertz CT molecular complexity index is 358. The maximum Gasteiger partial charge on any atom is 0.218 e. The summed E-state index contributed by atoms with van der Waals surface area (Å²) in [5.41, 5.74) is 0.497. The van der Waals surface area contributed by atoms with E-state index in [0.717, 1.165) is 12.4 Å². The number of rotatable bonds is 6. The highest BCUT2D eigenvalue weighted by molar-refractivity contribution is 5.37. The standard InChI is InChI=1S/C13H21N3O/c1-3-13(6-5-7-13)9-14-11-8-12(17-4-2)16-10-15-11/h8,10H,3-7,9H2,1-2H3,(H,14,15,16). The van der Waals surface area contributed by atoms with Crippen LogP contribution in [0.4, 0.5) is 5.82 Å². The second kappa shape index (κ2) is 5.34. The Labute approximate surface area is 103 Å². The summed E-state index contributed by atoms with van der Waals surface area (Å²) < 4.78 is 5.35. The summed E-state index contributed by atoms with van der Waals surface area (Å²) in [6, 6.07) is 1.87. The average Bonchev–Trinajstić information content (AvgIpc) is 2.29. The normalized spacial score (nSPS) is 17.3. The van der Waals surface area contributed by atoms with Gasteiger partial charge in [0.15, 0.2) is 0 Å².